The number of nitrogens with one attached hydrogen (secondary N) is 1. The Morgan fingerprint density at radius 1 is 0.714 bits per heavy atom. The van der Waals surface area contributed by atoms with Crippen molar-refractivity contribution in [1.82, 2.24) is 19.9 Å². The van der Waals surface area contributed by atoms with Crippen LogP contribution in [-0.2, 0) is 7.59 Å². The van der Waals surface area contributed by atoms with E-state index in [4.69, 9.17) is 69.6 Å². The highest BCUT2D eigenvalue weighted by atomic mass is 35.6. The van der Waals surface area contributed by atoms with Crippen molar-refractivity contribution in [2.45, 2.75) is 7.59 Å². The van der Waals surface area contributed by atoms with E-state index in [0.717, 1.165) is 0 Å². The number of hydrogen-bond donors (Lipinski definition) is 1. The van der Waals surface area contributed by atoms with Crippen LogP contribution in [0.25, 0.3) is 0 Å². The van der Waals surface area contributed by atoms with E-state index in [1.807, 2.05) is 0 Å². The highest BCUT2D eigenvalue weighted by Gasteiger charge is 2.26. The number of anilines is 2. The second-order valence-electron chi connectivity index (χ2n) is 3.65. The number of hydrogen-bond acceptors (Lipinski definition) is 5. The Bertz CT molecular complexity index is 583. The van der Waals surface area contributed by atoms with Gasteiger partial charge in [0.15, 0.2) is 0 Å². The minimum atomic E-state index is -1.67. The van der Waals surface area contributed by atoms with Crippen LogP contribution < -0.4 is 5.32 Å². The second kappa shape index (κ2) is 6.44. The molecule has 0 aromatic carbocycles. The van der Waals surface area contributed by atoms with Gasteiger partial charge < -0.3 is 0 Å². The molecule has 0 saturated carbocycles. The van der Waals surface area contributed by atoms with Gasteiger partial charge in [0, 0.05) is 12.4 Å². The van der Waals surface area contributed by atoms with E-state index in [2.05, 4.69) is 25.3 Å². The lowest BCUT2D eigenvalue weighted by molar-refractivity contribution is 1.00. The quantitative estimate of drug-likeness (QED) is 0.733. The number of nitrogens with zero attached hydrogens (tertiary/aromatic N) is 4. The smallest absolute Gasteiger partial charge is 0.232 e. The lowest BCUT2D eigenvalue weighted by atomic mass is 10.4. The summed E-state index contributed by atoms with van der Waals surface area (Å²) in [4.78, 5) is 16.0. The Morgan fingerprint density at radius 2 is 1.10 bits per heavy atom. The van der Waals surface area contributed by atoms with Gasteiger partial charge in [-0.2, -0.15) is 0 Å². The van der Waals surface area contributed by atoms with Crippen LogP contribution in [0.3, 0.4) is 0 Å². The molecule has 1 N–H and O–H groups in total. The van der Waals surface area contributed by atoms with Gasteiger partial charge in [-0.05, 0) is 12.1 Å². The summed E-state index contributed by atoms with van der Waals surface area (Å²) in [6.45, 7) is 0. The molecule has 0 bridgehead atoms. The molecule has 11 heteroatoms. The van der Waals surface area contributed by atoms with E-state index in [0.29, 0.717) is 0 Å². The van der Waals surface area contributed by atoms with Crippen molar-refractivity contribution in [2.75, 3.05) is 5.32 Å². The first-order chi connectivity index (χ1) is 9.66. The van der Waals surface area contributed by atoms with Crippen LogP contribution in [-0.4, -0.2) is 19.9 Å². The van der Waals surface area contributed by atoms with Crippen molar-refractivity contribution in [3.05, 3.63) is 35.9 Å². The Morgan fingerprint density at radius 3 is 1.43 bits per heavy atom. The first-order valence-corrected chi connectivity index (χ1v) is 7.50. The Labute approximate surface area is 149 Å². The summed E-state index contributed by atoms with van der Waals surface area (Å²) >= 11 is 34.5. The van der Waals surface area contributed by atoms with Crippen LogP contribution >= 0.6 is 69.6 Å². The summed E-state index contributed by atoms with van der Waals surface area (Å²) in [7, 11) is 0. The summed E-state index contributed by atoms with van der Waals surface area (Å²) in [6.07, 6.45) is 2.84. The maximum atomic E-state index is 5.75. The van der Waals surface area contributed by atoms with Gasteiger partial charge in [-0.25, -0.2) is 19.9 Å². The SMILES string of the molecule is ClC(Cl)(Cl)c1ccnc(Nc2nccc(C(Cl)(Cl)Cl)n2)n1. The van der Waals surface area contributed by atoms with Crippen LogP contribution in [0, 0.1) is 0 Å². The molecule has 0 saturated heterocycles. The lowest BCUT2D eigenvalue weighted by Crippen LogP contribution is -2.10. The molecule has 0 amide bonds. The maximum Gasteiger partial charge on any atom is 0.232 e. The summed E-state index contributed by atoms with van der Waals surface area (Å²) in [5, 5.41) is 2.73. The Hall–Kier alpha value is -0.300. The monoisotopic (exact) mass is 405 g/mol. The molecule has 2 heterocycles. The zero-order chi connectivity index (χ0) is 15.7. The van der Waals surface area contributed by atoms with E-state index >= 15 is 0 Å². The third-order valence-electron chi connectivity index (χ3n) is 2.12. The first kappa shape index (κ1) is 17.1. The van der Waals surface area contributed by atoms with Crippen LogP contribution in [0.4, 0.5) is 11.9 Å². The largest absolute Gasteiger partial charge is 0.293 e. The van der Waals surface area contributed by atoms with Gasteiger partial charge in [0.1, 0.15) is 0 Å². The minimum absolute atomic E-state index is 0.139. The van der Waals surface area contributed by atoms with Gasteiger partial charge in [-0.15, -0.1) is 0 Å². The van der Waals surface area contributed by atoms with Gasteiger partial charge in [-0.3, -0.25) is 5.32 Å². The van der Waals surface area contributed by atoms with Crippen LogP contribution in [0.5, 0.6) is 0 Å². The first-order valence-electron chi connectivity index (χ1n) is 5.24. The van der Waals surface area contributed by atoms with Crippen molar-refractivity contribution in [2.24, 2.45) is 0 Å². The van der Waals surface area contributed by atoms with E-state index in [1.54, 1.807) is 0 Å². The van der Waals surface area contributed by atoms with Crippen molar-refractivity contribution in [3.63, 3.8) is 0 Å². The molecule has 0 radical (unpaired) electrons. The molecule has 112 valence electrons. The molecule has 0 unspecified atom stereocenters. The summed E-state index contributed by atoms with van der Waals surface area (Å²) < 4.78 is -3.33. The molecule has 0 spiro atoms. The fraction of sp³-hybridized carbons (Fsp3) is 0.200. The lowest BCUT2D eigenvalue weighted by Gasteiger charge is -2.12. The molecule has 2 aromatic heterocycles. The Balaban J connectivity index is 2.27. The molecular formula is C10H5Cl6N5. The minimum Gasteiger partial charge on any atom is -0.293 e. The maximum absolute atomic E-state index is 5.75. The molecule has 2 rings (SSSR count). The fourth-order valence-corrected chi connectivity index (χ4v) is 1.89. The zero-order valence-electron chi connectivity index (χ0n) is 9.87. The normalized spacial score (nSPS) is 12.3. The predicted octanol–water partition coefficient (Wildman–Crippen LogP) is 4.66. The third kappa shape index (κ3) is 4.84. The van der Waals surface area contributed by atoms with Crippen molar-refractivity contribution < 1.29 is 0 Å². The van der Waals surface area contributed by atoms with Crippen LogP contribution in [0.15, 0.2) is 24.5 Å². The number of halogens is 6. The number of alkyl halides is 6. The molecule has 0 aliphatic rings. The van der Waals surface area contributed by atoms with Crippen molar-refractivity contribution in [1.29, 1.82) is 0 Å². The van der Waals surface area contributed by atoms with E-state index in [1.165, 1.54) is 24.5 Å². The van der Waals surface area contributed by atoms with Gasteiger partial charge in [-0.1, -0.05) is 69.6 Å². The molecule has 0 fully saturated rings. The van der Waals surface area contributed by atoms with E-state index in [-0.39, 0.29) is 23.3 Å². The second-order valence-corrected chi connectivity index (χ2v) is 8.21. The van der Waals surface area contributed by atoms with Gasteiger partial charge in [0.25, 0.3) is 0 Å². The molecule has 5 nitrogen and oxygen atoms in total. The number of rotatable bonds is 2. The Kier molecular flexibility index (Phi) is 5.23. The van der Waals surface area contributed by atoms with Crippen LogP contribution in [0.2, 0.25) is 0 Å². The van der Waals surface area contributed by atoms with Crippen LogP contribution in [0.1, 0.15) is 11.4 Å². The summed E-state index contributed by atoms with van der Waals surface area (Å²) in [6, 6.07) is 2.94. The summed E-state index contributed by atoms with van der Waals surface area (Å²) in [5.41, 5.74) is 0.394. The third-order valence-corrected chi connectivity index (χ3v) is 3.28. The molecular weight excluding hydrogens is 403 g/mol. The van der Waals surface area contributed by atoms with Crippen molar-refractivity contribution >= 4 is 81.5 Å². The summed E-state index contributed by atoms with van der Waals surface area (Å²) in [5.74, 6) is 0.278. The van der Waals surface area contributed by atoms with Gasteiger partial charge in [0.2, 0.25) is 19.5 Å². The predicted molar refractivity (Wildman–Crippen MR) is 85.8 cm³/mol. The highest BCUT2D eigenvalue weighted by molar-refractivity contribution is 6.67. The van der Waals surface area contributed by atoms with Gasteiger partial charge in [0.05, 0.1) is 11.4 Å². The average Bonchev–Trinajstić information content (AvgIpc) is 2.37. The fourth-order valence-electron chi connectivity index (χ4n) is 1.25. The molecule has 0 aliphatic carbocycles. The zero-order valence-corrected chi connectivity index (χ0v) is 14.4. The molecule has 2 aromatic rings. The van der Waals surface area contributed by atoms with Crippen molar-refractivity contribution in [3.8, 4) is 0 Å². The molecule has 21 heavy (non-hydrogen) atoms. The topological polar surface area (TPSA) is 63.6 Å². The molecule has 0 atom stereocenters. The van der Waals surface area contributed by atoms with E-state index < -0.39 is 7.59 Å². The number of aromatic nitrogens is 4. The standard InChI is InChI=1S/C10H5Cl6N5/c11-9(12,13)5-1-3-17-7(19-5)21-8-18-4-2-6(20-8)10(14,15)16/h1-4H,(H,17,18,19,20,21). The average molecular weight is 408 g/mol. The van der Waals surface area contributed by atoms with Gasteiger partial charge >= 0.3 is 0 Å². The van der Waals surface area contributed by atoms with E-state index in [9.17, 15) is 0 Å². The highest BCUT2D eigenvalue weighted by Crippen LogP contribution is 2.38. The molecule has 0 aliphatic heterocycles.